The van der Waals surface area contributed by atoms with Gasteiger partial charge in [-0.2, -0.15) is 11.8 Å². The van der Waals surface area contributed by atoms with Crippen LogP contribution in [0.5, 0.6) is 0 Å². The van der Waals surface area contributed by atoms with Crippen LogP contribution in [0.2, 0.25) is 0 Å². The van der Waals surface area contributed by atoms with Crippen LogP contribution < -0.4 is 5.73 Å². The number of rotatable bonds is 2. The van der Waals surface area contributed by atoms with E-state index in [-0.39, 0.29) is 0 Å². The fourth-order valence-corrected chi connectivity index (χ4v) is 4.84. The molecule has 2 saturated heterocycles. The summed E-state index contributed by atoms with van der Waals surface area (Å²) in [5.41, 5.74) is 6.50. The predicted octanol–water partition coefficient (Wildman–Crippen LogP) is 2.87. The van der Waals surface area contributed by atoms with Gasteiger partial charge in [-0.15, -0.1) is 0 Å². The van der Waals surface area contributed by atoms with Crippen LogP contribution in [0.3, 0.4) is 0 Å². The van der Waals surface area contributed by atoms with Gasteiger partial charge in [-0.05, 0) is 44.5 Å². The highest BCUT2D eigenvalue weighted by molar-refractivity contribution is 8.00. The highest BCUT2D eigenvalue weighted by Gasteiger charge is 2.42. The van der Waals surface area contributed by atoms with Crippen molar-refractivity contribution in [1.29, 1.82) is 0 Å². The van der Waals surface area contributed by atoms with Crippen molar-refractivity contribution in [2.45, 2.75) is 62.7 Å². The third-order valence-electron chi connectivity index (χ3n) is 4.72. The summed E-state index contributed by atoms with van der Waals surface area (Å²) in [6.07, 6.45) is 9.68. The van der Waals surface area contributed by atoms with Gasteiger partial charge in [-0.25, -0.2) is 0 Å². The first-order valence-corrected chi connectivity index (χ1v) is 8.41. The molecule has 2 rings (SSSR count). The lowest BCUT2D eigenvalue weighted by atomic mass is 9.86. The summed E-state index contributed by atoms with van der Waals surface area (Å²) >= 11 is 2.13. The molecule has 2 aliphatic heterocycles. The summed E-state index contributed by atoms with van der Waals surface area (Å²) in [5, 5.41) is 0.709. The first kappa shape index (κ1) is 13.7. The SMILES string of the molecule is CC1SCCCC1(CN)N1CCCCCCC1. The lowest BCUT2D eigenvalue weighted by molar-refractivity contribution is 0.0728. The molecule has 0 aromatic heterocycles. The molecular weight excluding hydrogens is 228 g/mol. The van der Waals surface area contributed by atoms with Gasteiger partial charge in [0, 0.05) is 17.3 Å². The fraction of sp³-hybridized carbons (Fsp3) is 1.00. The van der Waals surface area contributed by atoms with Crippen molar-refractivity contribution in [3.05, 3.63) is 0 Å². The Morgan fingerprint density at radius 1 is 1.12 bits per heavy atom. The summed E-state index contributed by atoms with van der Waals surface area (Å²) in [6, 6.07) is 0. The number of likely N-dealkylation sites (tertiary alicyclic amines) is 1. The van der Waals surface area contributed by atoms with Crippen molar-refractivity contribution in [2.24, 2.45) is 5.73 Å². The van der Waals surface area contributed by atoms with Crippen LogP contribution in [0, 0.1) is 0 Å². The van der Waals surface area contributed by atoms with Gasteiger partial charge in [-0.3, -0.25) is 4.90 Å². The molecule has 0 saturated carbocycles. The Labute approximate surface area is 111 Å². The number of nitrogens with two attached hydrogens (primary N) is 1. The third kappa shape index (κ3) is 2.99. The first-order valence-electron chi connectivity index (χ1n) is 7.36. The number of thioether (sulfide) groups is 1. The fourth-order valence-electron chi connectivity index (χ4n) is 3.50. The first-order chi connectivity index (χ1) is 8.29. The summed E-state index contributed by atoms with van der Waals surface area (Å²) in [7, 11) is 0. The van der Waals surface area contributed by atoms with E-state index in [1.54, 1.807) is 0 Å². The molecule has 0 spiro atoms. The lowest BCUT2D eigenvalue weighted by Crippen LogP contribution is -2.61. The van der Waals surface area contributed by atoms with Crippen LogP contribution in [0.25, 0.3) is 0 Å². The normalized spacial score (nSPS) is 37.4. The molecule has 2 fully saturated rings. The summed E-state index contributed by atoms with van der Waals surface area (Å²) in [4.78, 5) is 2.75. The van der Waals surface area contributed by atoms with E-state index < -0.39 is 0 Å². The van der Waals surface area contributed by atoms with Crippen LogP contribution in [-0.2, 0) is 0 Å². The summed E-state index contributed by atoms with van der Waals surface area (Å²) in [5.74, 6) is 1.33. The standard InChI is InChI=1S/C14H28N2S/c1-13-14(12-15,8-7-11-17-13)16-9-5-3-2-4-6-10-16/h13H,2-12,15H2,1H3. The van der Waals surface area contributed by atoms with E-state index in [9.17, 15) is 0 Å². The maximum Gasteiger partial charge on any atom is 0.0447 e. The Morgan fingerprint density at radius 2 is 1.76 bits per heavy atom. The monoisotopic (exact) mass is 256 g/mol. The smallest absolute Gasteiger partial charge is 0.0447 e. The molecule has 17 heavy (non-hydrogen) atoms. The molecule has 0 aliphatic carbocycles. The van der Waals surface area contributed by atoms with E-state index in [1.165, 1.54) is 63.8 Å². The summed E-state index contributed by atoms with van der Waals surface area (Å²) in [6.45, 7) is 5.81. The summed E-state index contributed by atoms with van der Waals surface area (Å²) < 4.78 is 0. The average molecular weight is 256 g/mol. The van der Waals surface area contributed by atoms with Crippen molar-refractivity contribution in [1.82, 2.24) is 4.90 Å². The van der Waals surface area contributed by atoms with Gasteiger partial charge in [0.05, 0.1) is 0 Å². The van der Waals surface area contributed by atoms with E-state index in [1.807, 2.05) is 0 Å². The van der Waals surface area contributed by atoms with Crippen LogP contribution >= 0.6 is 11.8 Å². The molecule has 2 unspecified atom stereocenters. The van der Waals surface area contributed by atoms with Gasteiger partial charge in [0.1, 0.15) is 0 Å². The van der Waals surface area contributed by atoms with E-state index >= 15 is 0 Å². The lowest BCUT2D eigenvalue weighted by Gasteiger charge is -2.50. The molecule has 0 radical (unpaired) electrons. The molecule has 0 aromatic carbocycles. The van der Waals surface area contributed by atoms with E-state index in [0.29, 0.717) is 10.8 Å². The number of hydrogen-bond donors (Lipinski definition) is 1. The predicted molar refractivity (Wildman–Crippen MR) is 77.6 cm³/mol. The Morgan fingerprint density at radius 3 is 2.35 bits per heavy atom. The second-order valence-corrected chi connectivity index (χ2v) is 7.13. The minimum atomic E-state index is 0.306. The minimum absolute atomic E-state index is 0.306. The Kier molecular flexibility index (Phi) is 5.19. The van der Waals surface area contributed by atoms with Crippen molar-refractivity contribution < 1.29 is 0 Å². The van der Waals surface area contributed by atoms with Gasteiger partial charge in [0.2, 0.25) is 0 Å². The Hall–Kier alpha value is 0.270. The maximum absolute atomic E-state index is 6.19. The molecule has 0 aromatic rings. The third-order valence-corrected chi connectivity index (χ3v) is 6.18. The molecule has 2 atom stereocenters. The second kappa shape index (κ2) is 6.44. The molecular formula is C14H28N2S. The second-order valence-electron chi connectivity index (χ2n) is 5.68. The molecule has 0 bridgehead atoms. The van der Waals surface area contributed by atoms with Crippen molar-refractivity contribution >= 4 is 11.8 Å². The maximum atomic E-state index is 6.19. The van der Waals surface area contributed by atoms with Gasteiger partial charge in [-0.1, -0.05) is 26.2 Å². The molecule has 100 valence electrons. The van der Waals surface area contributed by atoms with Crippen LogP contribution in [-0.4, -0.2) is 41.1 Å². The van der Waals surface area contributed by atoms with Gasteiger partial charge in [0.15, 0.2) is 0 Å². The van der Waals surface area contributed by atoms with Gasteiger partial charge >= 0.3 is 0 Å². The van der Waals surface area contributed by atoms with Crippen LogP contribution in [0.4, 0.5) is 0 Å². The van der Waals surface area contributed by atoms with Crippen LogP contribution in [0.15, 0.2) is 0 Å². The molecule has 2 N–H and O–H groups in total. The van der Waals surface area contributed by atoms with Crippen molar-refractivity contribution in [3.8, 4) is 0 Å². The van der Waals surface area contributed by atoms with E-state index in [0.717, 1.165) is 6.54 Å². The van der Waals surface area contributed by atoms with Gasteiger partial charge < -0.3 is 5.73 Å². The van der Waals surface area contributed by atoms with Gasteiger partial charge in [0.25, 0.3) is 0 Å². The molecule has 2 heterocycles. The molecule has 3 heteroatoms. The van der Waals surface area contributed by atoms with Crippen molar-refractivity contribution in [3.63, 3.8) is 0 Å². The number of hydrogen-bond acceptors (Lipinski definition) is 3. The van der Waals surface area contributed by atoms with E-state index in [4.69, 9.17) is 5.73 Å². The highest BCUT2D eigenvalue weighted by atomic mass is 32.2. The zero-order chi connectivity index (χ0) is 12.1. The molecule has 0 amide bonds. The Bertz CT molecular complexity index is 226. The zero-order valence-electron chi connectivity index (χ0n) is 11.3. The minimum Gasteiger partial charge on any atom is -0.329 e. The average Bonchev–Trinajstić information content (AvgIpc) is 2.30. The zero-order valence-corrected chi connectivity index (χ0v) is 12.1. The molecule has 2 nitrogen and oxygen atoms in total. The quantitative estimate of drug-likeness (QED) is 0.824. The van der Waals surface area contributed by atoms with Crippen molar-refractivity contribution in [2.75, 3.05) is 25.4 Å². The van der Waals surface area contributed by atoms with E-state index in [2.05, 4.69) is 23.6 Å². The largest absolute Gasteiger partial charge is 0.329 e. The van der Waals surface area contributed by atoms with Crippen LogP contribution in [0.1, 0.15) is 51.9 Å². The Balaban J connectivity index is 2.07. The highest BCUT2D eigenvalue weighted by Crippen LogP contribution is 2.38. The molecule has 2 aliphatic rings. The number of nitrogens with zero attached hydrogens (tertiary/aromatic N) is 1. The topological polar surface area (TPSA) is 29.3 Å².